The van der Waals surface area contributed by atoms with E-state index in [1.54, 1.807) is 37.3 Å². The van der Waals surface area contributed by atoms with Gasteiger partial charge in [-0.3, -0.25) is 8.98 Å². The van der Waals surface area contributed by atoms with E-state index in [0.29, 0.717) is 5.56 Å². The van der Waals surface area contributed by atoms with Gasteiger partial charge in [-0.25, -0.2) is 0 Å². The van der Waals surface area contributed by atoms with Crippen LogP contribution in [0.2, 0.25) is 0 Å². The first-order chi connectivity index (χ1) is 12.3. The smallest absolute Gasteiger partial charge is 0.264 e. The van der Waals surface area contributed by atoms with Crippen molar-refractivity contribution in [1.29, 1.82) is 0 Å². The van der Waals surface area contributed by atoms with Gasteiger partial charge >= 0.3 is 0 Å². The van der Waals surface area contributed by atoms with Crippen LogP contribution in [0, 0.1) is 0 Å². The molecule has 2 rings (SSSR count). The summed E-state index contributed by atoms with van der Waals surface area (Å²) >= 11 is 0. The van der Waals surface area contributed by atoms with Crippen molar-refractivity contribution < 1.29 is 37.1 Å². The summed E-state index contributed by atoms with van der Waals surface area (Å²) in [7, 11) is -3.96. The number of carbonyl (C=O) groups excluding carboxylic acids is 1. The molecule has 0 bridgehead atoms. The van der Waals surface area contributed by atoms with Crippen LogP contribution >= 0.6 is 0 Å². The van der Waals surface area contributed by atoms with Gasteiger partial charge in [-0.2, -0.15) is 8.42 Å². The summed E-state index contributed by atoms with van der Waals surface area (Å²) in [6, 6.07) is 7.13. The maximum absolute atomic E-state index is 12.5. The number of aliphatic hydroxyl groups excluding tert-OH is 2. The predicted molar refractivity (Wildman–Crippen MR) is 90.8 cm³/mol. The molecule has 0 saturated carbocycles. The van der Waals surface area contributed by atoms with Crippen LogP contribution in [0.1, 0.15) is 17.3 Å². The van der Waals surface area contributed by atoms with E-state index < -0.39 is 53.3 Å². The second-order valence-electron chi connectivity index (χ2n) is 5.80. The first-order valence-corrected chi connectivity index (χ1v) is 9.88. The summed E-state index contributed by atoms with van der Waals surface area (Å²) in [6.07, 6.45) is -4.29. The maximum atomic E-state index is 12.5. The van der Waals surface area contributed by atoms with Gasteiger partial charge in [-0.15, -0.1) is 0 Å². The highest BCUT2D eigenvalue weighted by Gasteiger charge is 2.48. The third kappa shape index (κ3) is 5.22. The van der Waals surface area contributed by atoms with Gasteiger partial charge in [-0.1, -0.05) is 18.2 Å². The maximum Gasteiger partial charge on any atom is 0.264 e. The molecular formula is C16H23NO8S. The molecular weight excluding hydrogens is 366 g/mol. The molecule has 3 N–H and O–H groups in total. The molecule has 26 heavy (non-hydrogen) atoms. The number of hydrogen-bond acceptors (Lipinski definition) is 8. The highest BCUT2D eigenvalue weighted by molar-refractivity contribution is 7.86. The van der Waals surface area contributed by atoms with Crippen molar-refractivity contribution in [1.82, 2.24) is 5.32 Å². The van der Waals surface area contributed by atoms with Crippen molar-refractivity contribution in [2.45, 2.75) is 37.6 Å². The molecule has 5 atom stereocenters. The fourth-order valence-electron chi connectivity index (χ4n) is 2.67. The Labute approximate surface area is 152 Å². The molecule has 0 radical (unpaired) electrons. The van der Waals surface area contributed by atoms with Gasteiger partial charge in [0.25, 0.3) is 16.0 Å². The Kier molecular flexibility index (Phi) is 7.09. The lowest BCUT2D eigenvalue weighted by atomic mass is 9.96. The summed E-state index contributed by atoms with van der Waals surface area (Å²) in [4.78, 5) is 12.5. The number of rotatable bonds is 7. The topological polar surface area (TPSA) is 131 Å². The molecule has 1 heterocycles. The van der Waals surface area contributed by atoms with Crippen LogP contribution in [0.4, 0.5) is 0 Å². The van der Waals surface area contributed by atoms with Gasteiger partial charge in [0.05, 0.1) is 12.9 Å². The minimum Gasteiger partial charge on any atom is -0.394 e. The lowest BCUT2D eigenvalue weighted by Gasteiger charge is -2.43. The molecule has 1 fully saturated rings. The fourth-order valence-corrected chi connectivity index (χ4v) is 3.30. The molecule has 9 nitrogen and oxygen atoms in total. The van der Waals surface area contributed by atoms with Crippen molar-refractivity contribution in [2.75, 3.05) is 19.5 Å². The number of amides is 1. The Hall–Kier alpha value is -1.56. The van der Waals surface area contributed by atoms with E-state index in [0.717, 1.165) is 6.26 Å². The Morgan fingerprint density at radius 3 is 2.50 bits per heavy atom. The second-order valence-corrected chi connectivity index (χ2v) is 7.40. The van der Waals surface area contributed by atoms with Crippen molar-refractivity contribution in [3.63, 3.8) is 0 Å². The predicted octanol–water partition coefficient (Wildman–Crippen LogP) is -0.756. The average molecular weight is 389 g/mol. The fraction of sp³-hybridized carbons (Fsp3) is 0.562. The summed E-state index contributed by atoms with van der Waals surface area (Å²) in [5.74, 6) is -0.513. The van der Waals surface area contributed by atoms with Gasteiger partial charge in [0, 0.05) is 12.2 Å². The van der Waals surface area contributed by atoms with Crippen LogP contribution in [-0.4, -0.2) is 74.7 Å². The summed E-state index contributed by atoms with van der Waals surface area (Å²) in [5, 5.41) is 22.3. The van der Waals surface area contributed by atoms with Gasteiger partial charge < -0.3 is 25.0 Å². The van der Waals surface area contributed by atoms with Crippen molar-refractivity contribution in [3.05, 3.63) is 35.9 Å². The SMILES string of the molecule is CCOC1OC(CO)C(O)[C@@H](OS(C)(=O)=O)C1NC(=O)c1ccccc1. The Balaban J connectivity index is 2.31. The van der Waals surface area contributed by atoms with Crippen LogP contribution in [0.3, 0.4) is 0 Å². The van der Waals surface area contributed by atoms with E-state index in [-0.39, 0.29) is 6.61 Å². The minimum absolute atomic E-state index is 0.197. The molecule has 146 valence electrons. The first kappa shape index (κ1) is 20.7. The number of carbonyl (C=O) groups is 1. The quantitative estimate of drug-likeness (QED) is 0.519. The zero-order valence-corrected chi connectivity index (χ0v) is 15.3. The largest absolute Gasteiger partial charge is 0.394 e. The zero-order chi connectivity index (χ0) is 19.3. The lowest BCUT2D eigenvalue weighted by molar-refractivity contribution is -0.263. The van der Waals surface area contributed by atoms with Crippen molar-refractivity contribution in [3.8, 4) is 0 Å². The van der Waals surface area contributed by atoms with E-state index in [1.807, 2.05) is 0 Å². The Morgan fingerprint density at radius 2 is 1.96 bits per heavy atom. The summed E-state index contributed by atoms with van der Waals surface area (Å²) in [6.45, 7) is 1.31. The third-order valence-corrected chi connectivity index (χ3v) is 4.38. The van der Waals surface area contributed by atoms with Crippen LogP contribution in [0.5, 0.6) is 0 Å². The van der Waals surface area contributed by atoms with E-state index in [4.69, 9.17) is 13.7 Å². The lowest BCUT2D eigenvalue weighted by Crippen LogP contribution is -2.65. The molecule has 4 unspecified atom stereocenters. The van der Waals surface area contributed by atoms with Crippen LogP contribution in [0.15, 0.2) is 30.3 Å². The van der Waals surface area contributed by atoms with Crippen LogP contribution in [-0.2, 0) is 23.8 Å². The van der Waals surface area contributed by atoms with E-state index in [1.165, 1.54) is 0 Å². The van der Waals surface area contributed by atoms with Crippen molar-refractivity contribution in [2.24, 2.45) is 0 Å². The summed E-state index contributed by atoms with van der Waals surface area (Å²) in [5.41, 5.74) is 0.333. The monoisotopic (exact) mass is 389 g/mol. The summed E-state index contributed by atoms with van der Waals surface area (Å²) < 4.78 is 39.1. The molecule has 1 saturated heterocycles. The molecule has 1 aliphatic heterocycles. The second kappa shape index (κ2) is 8.89. The highest BCUT2D eigenvalue weighted by Crippen LogP contribution is 2.26. The van der Waals surface area contributed by atoms with E-state index >= 15 is 0 Å². The molecule has 0 spiro atoms. The van der Waals surface area contributed by atoms with Crippen LogP contribution < -0.4 is 5.32 Å². The number of nitrogens with one attached hydrogen (secondary N) is 1. The Morgan fingerprint density at radius 1 is 1.31 bits per heavy atom. The van der Waals surface area contributed by atoms with Gasteiger partial charge in [0.1, 0.15) is 24.4 Å². The average Bonchev–Trinajstić information content (AvgIpc) is 2.60. The van der Waals surface area contributed by atoms with Gasteiger partial charge in [0.2, 0.25) is 0 Å². The van der Waals surface area contributed by atoms with E-state index in [9.17, 15) is 23.4 Å². The van der Waals surface area contributed by atoms with Gasteiger partial charge in [-0.05, 0) is 19.1 Å². The minimum atomic E-state index is -3.96. The Bertz CT molecular complexity index is 695. The molecule has 0 aromatic heterocycles. The zero-order valence-electron chi connectivity index (χ0n) is 14.4. The first-order valence-electron chi connectivity index (χ1n) is 8.07. The number of hydrogen-bond donors (Lipinski definition) is 3. The van der Waals surface area contributed by atoms with Crippen LogP contribution in [0.25, 0.3) is 0 Å². The normalized spacial score (nSPS) is 29.3. The number of benzene rings is 1. The van der Waals surface area contributed by atoms with E-state index in [2.05, 4.69) is 5.32 Å². The molecule has 0 aliphatic carbocycles. The van der Waals surface area contributed by atoms with Gasteiger partial charge in [0.15, 0.2) is 6.29 Å². The molecule has 1 aromatic carbocycles. The highest BCUT2D eigenvalue weighted by atomic mass is 32.2. The number of aliphatic hydroxyl groups is 2. The van der Waals surface area contributed by atoms with Crippen molar-refractivity contribution >= 4 is 16.0 Å². The molecule has 10 heteroatoms. The molecule has 1 amide bonds. The third-order valence-electron chi connectivity index (χ3n) is 3.80. The number of ether oxygens (including phenoxy) is 2. The molecule has 1 aliphatic rings. The standard InChI is InChI=1S/C16H23NO8S/c1-3-23-16-12(17-15(20)10-7-5-4-6-8-10)14(25-26(2,21)22)13(19)11(9-18)24-16/h4-8,11-14,16,18-19H,3,9H2,1-2H3,(H,17,20)/t11?,12?,13?,14-,16?/m0/s1. The molecule has 1 aromatic rings.